The van der Waals surface area contributed by atoms with Gasteiger partial charge in [-0.15, -0.1) is 0 Å². The van der Waals surface area contributed by atoms with E-state index < -0.39 is 11.8 Å². The zero-order valence-corrected chi connectivity index (χ0v) is 12.8. The van der Waals surface area contributed by atoms with Gasteiger partial charge in [0.1, 0.15) is 12.4 Å². The Labute approximate surface area is 133 Å². The van der Waals surface area contributed by atoms with Crippen LogP contribution in [-0.4, -0.2) is 26.3 Å². The van der Waals surface area contributed by atoms with Crippen molar-refractivity contribution in [2.45, 2.75) is 13.0 Å². The summed E-state index contributed by atoms with van der Waals surface area (Å²) in [5, 5.41) is 5.21. The summed E-state index contributed by atoms with van der Waals surface area (Å²) in [7, 11) is 1.38. The number of rotatable bonds is 8. The Kier molecular flexibility index (Phi) is 6.43. The van der Waals surface area contributed by atoms with Gasteiger partial charge < -0.3 is 24.5 Å². The lowest BCUT2D eigenvalue weighted by Gasteiger charge is -2.09. The smallest absolute Gasteiger partial charge is 0.319 e. The summed E-state index contributed by atoms with van der Waals surface area (Å²) >= 11 is 0. The van der Waals surface area contributed by atoms with E-state index >= 15 is 0 Å². The number of methoxy groups -OCH3 is 1. The first-order valence-corrected chi connectivity index (χ1v) is 7.17. The number of urea groups is 1. The lowest BCUT2D eigenvalue weighted by Crippen LogP contribution is -2.30. The molecule has 124 valence electrons. The molecule has 0 fully saturated rings. The van der Waals surface area contributed by atoms with Gasteiger partial charge in [-0.25, -0.2) is 9.18 Å². The van der Waals surface area contributed by atoms with E-state index in [4.69, 9.17) is 13.9 Å². The molecule has 1 aromatic heterocycles. The maximum Gasteiger partial charge on any atom is 0.319 e. The molecular formula is C16H19FN2O4. The quantitative estimate of drug-likeness (QED) is 0.732. The van der Waals surface area contributed by atoms with E-state index in [2.05, 4.69) is 10.6 Å². The molecule has 0 bridgehead atoms. The van der Waals surface area contributed by atoms with Crippen molar-refractivity contribution in [1.82, 2.24) is 5.32 Å². The molecule has 0 unspecified atom stereocenters. The second-order valence-corrected chi connectivity index (χ2v) is 4.72. The highest BCUT2D eigenvalue weighted by molar-refractivity contribution is 5.89. The molecule has 0 spiro atoms. The van der Waals surface area contributed by atoms with Crippen LogP contribution in [0.1, 0.15) is 12.2 Å². The number of furan rings is 1. The van der Waals surface area contributed by atoms with Gasteiger partial charge in [0.25, 0.3) is 0 Å². The molecule has 23 heavy (non-hydrogen) atoms. The van der Waals surface area contributed by atoms with E-state index in [-0.39, 0.29) is 5.75 Å². The molecule has 6 nitrogen and oxygen atoms in total. The van der Waals surface area contributed by atoms with Crippen LogP contribution in [0.2, 0.25) is 0 Å². The van der Waals surface area contributed by atoms with Crippen molar-refractivity contribution in [2.75, 3.05) is 25.6 Å². The molecule has 0 radical (unpaired) electrons. The molecule has 1 heterocycles. The second kappa shape index (κ2) is 8.79. The Morgan fingerprint density at radius 2 is 2.22 bits per heavy atom. The van der Waals surface area contributed by atoms with Crippen LogP contribution >= 0.6 is 0 Å². The average molecular weight is 322 g/mol. The standard InChI is InChI=1S/C16H19FN2O4/c1-21-15-6-5-12(10-14(15)17)19-16(20)18-7-3-8-22-11-13-4-2-9-23-13/h2,4-6,9-10H,3,7-8,11H2,1H3,(H2,18,19,20). The molecule has 0 aliphatic rings. The molecule has 7 heteroatoms. The Morgan fingerprint density at radius 3 is 2.91 bits per heavy atom. The van der Waals surface area contributed by atoms with Crippen molar-refractivity contribution in [3.63, 3.8) is 0 Å². The third kappa shape index (κ3) is 5.63. The number of benzene rings is 1. The number of hydrogen-bond acceptors (Lipinski definition) is 4. The van der Waals surface area contributed by atoms with E-state index in [1.807, 2.05) is 6.07 Å². The Balaban J connectivity index is 1.60. The van der Waals surface area contributed by atoms with Crippen molar-refractivity contribution in [3.05, 3.63) is 48.2 Å². The topological polar surface area (TPSA) is 72.7 Å². The van der Waals surface area contributed by atoms with Gasteiger partial charge in [0.2, 0.25) is 0 Å². The highest BCUT2D eigenvalue weighted by Gasteiger charge is 2.06. The van der Waals surface area contributed by atoms with Gasteiger partial charge in [-0.3, -0.25) is 0 Å². The third-order valence-corrected chi connectivity index (χ3v) is 2.99. The number of anilines is 1. The lowest BCUT2D eigenvalue weighted by atomic mass is 10.3. The van der Waals surface area contributed by atoms with Crippen LogP contribution in [-0.2, 0) is 11.3 Å². The summed E-state index contributed by atoms with van der Waals surface area (Å²) in [6, 6.07) is 7.44. The summed E-state index contributed by atoms with van der Waals surface area (Å²) < 4.78 is 28.8. The zero-order valence-electron chi connectivity index (χ0n) is 12.8. The van der Waals surface area contributed by atoms with E-state index in [0.717, 1.165) is 5.76 Å². The van der Waals surface area contributed by atoms with E-state index in [0.29, 0.717) is 31.9 Å². The molecule has 2 rings (SSSR count). The van der Waals surface area contributed by atoms with Crippen molar-refractivity contribution < 1.29 is 23.1 Å². The summed E-state index contributed by atoms with van der Waals surface area (Å²) in [5.74, 6) is 0.360. The molecule has 2 aromatic rings. The minimum absolute atomic E-state index is 0.129. The number of halogens is 1. The maximum absolute atomic E-state index is 13.5. The molecule has 0 aliphatic carbocycles. The van der Waals surface area contributed by atoms with Gasteiger partial charge in [-0.05, 0) is 30.7 Å². The Morgan fingerprint density at radius 1 is 1.35 bits per heavy atom. The Bertz CT molecular complexity index is 617. The highest BCUT2D eigenvalue weighted by Crippen LogP contribution is 2.20. The summed E-state index contributed by atoms with van der Waals surface area (Å²) in [6.07, 6.45) is 2.25. The van der Waals surface area contributed by atoms with Gasteiger partial charge in [-0.1, -0.05) is 0 Å². The number of carbonyl (C=O) groups excluding carboxylic acids is 1. The van der Waals surface area contributed by atoms with Crippen LogP contribution in [0.5, 0.6) is 5.75 Å². The number of ether oxygens (including phenoxy) is 2. The minimum Gasteiger partial charge on any atom is -0.494 e. The SMILES string of the molecule is COc1ccc(NC(=O)NCCCOCc2ccco2)cc1F. The van der Waals surface area contributed by atoms with Crippen molar-refractivity contribution >= 4 is 11.7 Å². The van der Waals surface area contributed by atoms with Gasteiger partial charge in [0, 0.05) is 24.9 Å². The molecule has 0 saturated carbocycles. The lowest BCUT2D eigenvalue weighted by molar-refractivity contribution is 0.104. The number of amides is 2. The summed E-state index contributed by atoms with van der Waals surface area (Å²) in [5.41, 5.74) is 0.356. The molecule has 0 atom stereocenters. The second-order valence-electron chi connectivity index (χ2n) is 4.72. The van der Waals surface area contributed by atoms with E-state index in [9.17, 15) is 9.18 Å². The molecule has 1 aromatic carbocycles. The van der Waals surface area contributed by atoms with Crippen LogP contribution in [0.25, 0.3) is 0 Å². The van der Waals surface area contributed by atoms with Gasteiger partial charge in [0.15, 0.2) is 11.6 Å². The number of nitrogens with one attached hydrogen (secondary N) is 2. The largest absolute Gasteiger partial charge is 0.494 e. The molecule has 0 aliphatic heterocycles. The van der Waals surface area contributed by atoms with Gasteiger partial charge in [0.05, 0.1) is 13.4 Å². The van der Waals surface area contributed by atoms with Crippen LogP contribution < -0.4 is 15.4 Å². The summed E-state index contributed by atoms with van der Waals surface area (Å²) in [4.78, 5) is 11.7. The molecule has 0 saturated heterocycles. The van der Waals surface area contributed by atoms with Gasteiger partial charge >= 0.3 is 6.03 Å². The first kappa shape index (κ1) is 16.8. The first-order chi connectivity index (χ1) is 11.2. The van der Waals surface area contributed by atoms with Crippen LogP contribution in [0.4, 0.5) is 14.9 Å². The maximum atomic E-state index is 13.5. The molecule has 2 amide bonds. The van der Waals surface area contributed by atoms with E-state index in [1.54, 1.807) is 18.4 Å². The monoisotopic (exact) mass is 322 g/mol. The number of carbonyl (C=O) groups is 1. The zero-order chi connectivity index (χ0) is 16.5. The predicted octanol–water partition coefficient (Wildman–Crippen LogP) is 3.16. The third-order valence-electron chi connectivity index (χ3n) is 2.99. The minimum atomic E-state index is -0.531. The van der Waals surface area contributed by atoms with E-state index in [1.165, 1.54) is 19.2 Å². The normalized spacial score (nSPS) is 10.3. The first-order valence-electron chi connectivity index (χ1n) is 7.17. The fourth-order valence-electron chi connectivity index (χ4n) is 1.86. The Hall–Kier alpha value is -2.54. The average Bonchev–Trinajstić information content (AvgIpc) is 3.04. The van der Waals surface area contributed by atoms with Crippen LogP contribution in [0, 0.1) is 5.82 Å². The van der Waals surface area contributed by atoms with Crippen LogP contribution in [0.15, 0.2) is 41.0 Å². The van der Waals surface area contributed by atoms with Crippen LogP contribution in [0.3, 0.4) is 0 Å². The van der Waals surface area contributed by atoms with Crippen molar-refractivity contribution in [3.8, 4) is 5.75 Å². The highest BCUT2D eigenvalue weighted by atomic mass is 19.1. The predicted molar refractivity (Wildman–Crippen MR) is 83.0 cm³/mol. The van der Waals surface area contributed by atoms with Crippen molar-refractivity contribution in [1.29, 1.82) is 0 Å². The number of hydrogen-bond donors (Lipinski definition) is 2. The fraction of sp³-hybridized carbons (Fsp3) is 0.312. The van der Waals surface area contributed by atoms with Crippen molar-refractivity contribution in [2.24, 2.45) is 0 Å². The molecular weight excluding hydrogens is 303 g/mol. The van der Waals surface area contributed by atoms with Gasteiger partial charge in [-0.2, -0.15) is 0 Å². The summed E-state index contributed by atoms with van der Waals surface area (Å²) in [6.45, 7) is 1.35. The fourth-order valence-corrected chi connectivity index (χ4v) is 1.86. The molecule has 2 N–H and O–H groups in total.